The van der Waals surface area contributed by atoms with E-state index in [2.05, 4.69) is 18.9 Å². The van der Waals surface area contributed by atoms with E-state index in [9.17, 15) is 8.42 Å². The van der Waals surface area contributed by atoms with Gasteiger partial charge in [0.1, 0.15) is 10.6 Å². The van der Waals surface area contributed by atoms with Crippen LogP contribution in [0, 0.1) is 11.8 Å². The van der Waals surface area contributed by atoms with E-state index in [1.807, 2.05) is 17.5 Å². The van der Waals surface area contributed by atoms with Crippen LogP contribution in [-0.2, 0) is 17.1 Å². The summed E-state index contributed by atoms with van der Waals surface area (Å²) in [5.74, 6) is 0.778. The third-order valence-electron chi connectivity index (χ3n) is 4.00. The standard InChI is InChI=1S/C15H21N3O2S2/c1-11-7-12(2)9-18(8-11)22(19,20)14-10-17(3)16-15(14)13-5-4-6-21-13/h4-6,10-12H,7-9H2,1-3H3. The van der Waals surface area contributed by atoms with Crippen molar-refractivity contribution in [2.45, 2.75) is 25.2 Å². The van der Waals surface area contributed by atoms with Crippen molar-refractivity contribution in [3.05, 3.63) is 23.7 Å². The van der Waals surface area contributed by atoms with Gasteiger partial charge in [0.15, 0.2) is 0 Å². The van der Waals surface area contributed by atoms with Gasteiger partial charge in [-0.3, -0.25) is 4.68 Å². The molecule has 0 N–H and O–H groups in total. The van der Waals surface area contributed by atoms with Gasteiger partial charge in [-0.2, -0.15) is 9.40 Å². The van der Waals surface area contributed by atoms with Crippen molar-refractivity contribution >= 4 is 21.4 Å². The van der Waals surface area contributed by atoms with Crippen molar-refractivity contribution in [1.29, 1.82) is 0 Å². The van der Waals surface area contributed by atoms with E-state index in [1.54, 1.807) is 22.2 Å². The lowest BCUT2D eigenvalue weighted by Gasteiger charge is -2.33. The summed E-state index contributed by atoms with van der Waals surface area (Å²) in [5, 5.41) is 6.31. The lowest BCUT2D eigenvalue weighted by Crippen LogP contribution is -2.42. The van der Waals surface area contributed by atoms with Gasteiger partial charge in [-0.25, -0.2) is 8.42 Å². The summed E-state index contributed by atoms with van der Waals surface area (Å²) in [5.41, 5.74) is 0.559. The van der Waals surface area contributed by atoms with Gasteiger partial charge in [-0.05, 0) is 29.7 Å². The molecule has 0 aromatic carbocycles. The number of aryl methyl sites for hydroxylation is 1. The average molecular weight is 339 g/mol. The van der Waals surface area contributed by atoms with Crippen molar-refractivity contribution in [1.82, 2.24) is 14.1 Å². The molecule has 0 spiro atoms. The maximum atomic E-state index is 13.1. The van der Waals surface area contributed by atoms with E-state index in [0.29, 0.717) is 35.5 Å². The third kappa shape index (κ3) is 2.85. The molecule has 0 aliphatic carbocycles. The van der Waals surface area contributed by atoms with E-state index in [-0.39, 0.29) is 0 Å². The van der Waals surface area contributed by atoms with Crippen LogP contribution in [0.2, 0.25) is 0 Å². The Balaban J connectivity index is 2.03. The van der Waals surface area contributed by atoms with Gasteiger partial charge in [0.2, 0.25) is 10.0 Å². The molecule has 1 aliphatic rings. The Kier molecular flexibility index (Phi) is 4.13. The molecule has 1 aliphatic heterocycles. The molecule has 0 bridgehead atoms. The molecule has 2 aromatic heterocycles. The van der Waals surface area contributed by atoms with E-state index in [1.165, 1.54) is 11.3 Å². The maximum absolute atomic E-state index is 13.1. The van der Waals surface area contributed by atoms with Gasteiger partial charge >= 0.3 is 0 Å². The first-order valence-electron chi connectivity index (χ1n) is 7.45. The minimum absolute atomic E-state index is 0.318. The smallest absolute Gasteiger partial charge is 0.246 e. The van der Waals surface area contributed by atoms with Gasteiger partial charge in [-0.1, -0.05) is 19.9 Å². The predicted octanol–water partition coefficient (Wildman–Crippen LogP) is 2.82. The second kappa shape index (κ2) is 5.79. The highest BCUT2D eigenvalue weighted by Gasteiger charge is 2.34. The topological polar surface area (TPSA) is 55.2 Å². The fourth-order valence-corrected chi connectivity index (χ4v) is 5.83. The predicted molar refractivity (Wildman–Crippen MR) is 88.2 cm³/mol. The summed E-state index contributed by atoms with van der Waals surface area (Å²) in [6.07, 6.45) is 2.70. The molecular weight excluding hydrogens is 318 g/mol. The zero-order valence-corrected chi connectivity index (χ0v) is 14.7. The molecule has 1 saturated heterocycles. The van der Waals surface area contributed by atoms with Gasteiger partial charge in [0.25, 0.3) is 0 Å². The van der Waals surface area contributed by atoms with Crippen LogP contribution in [-0.4, -0.2) is 35.6 Å². The Morgan fingerprint density at radius 3 is 2.55 bits per heavy atom. The third-order valence-corrected chi connectivity index (χ3v) is 6.71. The number of sulfonamides is 1. The van der Waals surface area contributed by atoms with Crippen LogP contribution in [0.1, 0.15) is 20.3 Å². The van der Waals surface area contributed by atoms with Gasteiger partial charge < -0.3 is 0 Å². The van der Waals surface area contributed by atoms with E-state index >= 15 is 0 Å². The van der Waals surface area contributed by atoms with E-state index in [0.717, 1.165) is 11.3 Å². The molecule has 22 heavy (non-hydrogen) atoms. The molecule has 120 valence electrons. The normalized spacial score (nSPS) is 23.8. The molecule has 3 heterocycles. The Morgan fingerprint density at radius 2 is 1.95 bits per heavy atom. The molecule has 0 radical (unpaired) electrons. The van der Waals surface area contributed by atoms with Crippen molar-refractivity contribution in [3.63, 3.8) is 0 Å². The average Bonchev–Trinajstić information content (AvgIpc) is 3.06. The Labute approximate surface area is 135 Å². The summed E-state index contributed by atoms with van der Waals surface area (Å²) in [6.45, 7) is 5.40. The number of aromatic nitrogens is 2. The first-order valence-corrected chi connectivity index (χ1v) is 9.77. The molecule has 7 heteroatoms. The highest BCUT2D eigenvalue weighted by Crippen LogP contribution is 2.33. The van der Waals surface area contributed by atoms with Crippen LogP contribution >= 0.6 is 11.3 Å². The summed E-state index contributed by atoms with van der Waals surface area (Å²) < 4.78 is 29.4. The molecule has 0 amide bonds. The Morgan fingerprint density at radius 1 is 1.27 bits per heavy atom. The van der Waals surface area contributed by atoms with Crippen molar-refractivity contribution < 1.29 is 8.42 Å². The van der Waals surface area contributed by atoms with E-state index in [4.69, 9.17) is 0 Å². The number of hydrogen-bond acceptors (Lipinski definition) is 4. The summed E-state index contributed by atoms with van der Waals surface area (Å²) in [4.78, 5) is 1.20. The van der Waals surface area contributed by atoms with Crippen LogP contribution in [0.4, 0.5) is 0 Å². The van der Waals surface area contributed by atoms with Crippen molar-refractivity contribution in [2.24, 2.45) is 18.9 Å². The van der Waals surface area contributed by atoms with Crippen LogP contribution in [0.3, 0.4) is 0 Å². The highest BCUT2D eigenvalue weighted by molar-refractivity contribution is 7.89. The molecule has 1 fully saturated rings. The number of nitrogens with zero attached hydrogens (tertiary/aromatic N) is 3. The lowest BCUT2D eigenvalue weighted by molar-refractivity contribution is 0.222. The summed E-state index contributed by atoms with van der Waals surface area (Å²) in [6, 6.07) is 3.82. The van der Waals surface area contributed by atoms with Crippen molar-refractivity contribution in [3.8, 4) is 10.6 Å². The first-order chi connectivity index (χ1) is 10.4. The highest BCUT2D eigenvalue weighted by atomic mass is 32.2. The van der Waals surface area contributed by atoms with Crippen molar-refractivity contribution in [2.75, 3.05) is 13.1 Å². The molecule has 0 saturated carbocycles. The fourth-order valence-electron chi connectivity index (χ4n) is 3.18. The first kappa shape index (κ1) is 15.7. The minimum Gasteiger partial charge on any atom is -0.274 e. The lowest BCUT2D eigenvalue weighted by atomic mass is 9.94. The molecule has 2 atom stereocenters. The minimum atomic E-state index is -3.51. The second-order valence-corrected chi connectivity index (χ2v) is 9.12. The van der Waals surface area contributed by atoms with Crippen LogP contribution < -0.4 is 0 Å². The molecular formula is C15H21N3O2S2. The maximum Gasteiger partial charge on any atom is 0.246 e. The zero-order chi connectivity index (χ0) is 15.9. The van der Waals surface area contributed by atoms with Crippen LogP contribution in [0.25, 0.3) is 10.6 Å². The SMILES string of the molecule is CC1CC(C)CN(S(=O)(=O)c2cn(C)nc2-c2cccs2)C1. The number of hydrogen-bond donors (Lipinski definition) is 0. The Bertz CT molecular complexity index is 740. The molecule has 3 rings (SSSR count). The van der Waals surface area contributed by atoms with Gasteiger partial charge in [0, 0.05) is 26.3 Å². The fraction of sp³-hybridized carbons (Fsp3) is 0.533. The van der Waals surface area contributed by atoms with E-state index < -0.39 is 10.0 Å². The monoisotopic (exact) mass is 339 g/mol. The summed E-state index contributed by atoms with van der Waals surface area (Å²) in [7, 11) is -1.75. The molecule has 2 aromatic rings. The Hall–Kier alpha value is -1.18. The van der Waals surface area contributed by atoms with Crippen LogP contribution in [0.15, 0.2) is 28.6 Å². The number of thiophene rings is 1. The van der Waals surface area contributed by atoms with Crippen LogP contribution in [0.5, 0.6) is 0 Å². The summed E-state index contributed by atoms with van der Waals surface area (Å²) >= 11 is 1.51. The number of piperidine rings is 1. The van der Waals surface area contributed by atoms with Gasteiger partial charge in [-0.15, -0.1) is 11.3 Å². The second-order valence-electron chi connectivity index (χ2n) is 6.26. The zero-order valence-electron chi connectivity index (χ0n) is 13.1. The number of rotatable bonds is 3. The van der Waals surface area contributed by atoms with Gasteiger partial charge in [0.05, 0.1) is 4.88 Å². The molecule has 5 nitrogen and oxygen atoms in total. The largest absolute Gasteiger partial charge is 0.274 e. The molecule has 2 unspecified atom stereocenters. The quantitative estimate of drug-likeness (QED) is 0.864.